The molecule has 0 saturated carbocycles. The fourth-order valence-corrected chi connectivity index (χ4v) is 4.97. The van der Waals surface area contributed by atoms with Gasteiger partial charge in [-0.05, 0) is 77.8 Å². The summed E-state index contributed by atoms with van der Waals surface area (Å²) in [7, 11) is 0. The molecule has 1 N–H and O–H groups in total. The number of hydrogen-bond donors (Lipinski definition) is 1. The second-order valence-electron chi connectivity index (χ2n) is 9.88. The highest BCUT2D eigenvalue weighted by molar-refractivity contribution is 5.98. The summed E-state index contributed by atoms with van der Waals surface area (Å²) in [5.41, 5.74) is 4.82. The minimum atomic E-state index is -0.297. The van der Waals surface area contributed by atoms with Gasteiger partial charge in [-0.1, -0.05) is 62.4 Å². The Morgan fingerprint density at radius 1 is 1.00 bits per heavy atom. The van der Waals surface area contributed by atoms with Crippen molar-refractivity contribution >= 4 is 24.0 Å². The Balaban J connectivity index is 0.00000336. The highest BCUT2D eigenvalue weighted by Gasteiger charge is 2.32. The lowest BCUT2D eigenvalue weighted by Gasteiger charge is -2.31. The summed E-state index contributed by atoms with van der Waals surface area (Å²) < 4.78 is 5.84. The molecule has 0 spiro atoms. The van der Waals surface area contributed by atoms with E-state index in [4.69, 9.17) is 4.74 Å². The number of aromatic hydroxyl groups is 1. The molecule has 3 aromatic carbocycles. The van der Waals surface area contributed by atoms with Crippen LogP contribution in [0.1, 0.15) is 60.8 Å². The largest absolute Gasteiger partial charge is 0.508 e. The minimum Gasteiger partial charge on any atom is -0.508 e. The molecule has 5 nitrogen and oxygen atoms in total. The van der Waals surface area contributed by atoms with Crippen molar-refractivity contribution in [2.45, 2.75) is 51.5 Å². The van der Waals surface area contributed by atoms with Gasteiger partial charge in [-0.15, -0.1) is 12.4 Å². The number of carbonyl (C=O) groups excluding carboxylic acids is 1. The van der Waals surface area contributed by atoms with Crippen LogP contribution in [-0.2, 0) is 17.8 Å². The molecule has 38 heavy (non-hydrogen) atoms. The van der Waals surface area contributed by atoms with Crippen LogP contribution in [0.2, 0.25) is 0 Å². The van der Waals surface area contributed by atoms with Crippen LogP contribution >= 0.6 is 12.4 Å². The molecule has 0 aliphatic heterocycles. The van der Waals surface area contributed by atoms with Gasteiger partial charge in [-0.3, -0.25) is 4.79 Å². The lowest BCUT2D eigenvalue weighted by Crippen LogP contribution is -2.36. The number of benzene rings is 3. The van der Waals surface area contributed by atoms with Crippen LogP contribution in [0.4, 0.5) is 5.69 Å². The Kier molecular flexibility index (Phi) is 8.70. The molecule has 1 amide bonds. The molecular weight excluding hydrogens is 496 g/mol. The zero-order valence-corrected chi connectivity index (χ0v) is 22.5. The van der Waals surface area contributed by atoms with Crippen LogP contribution in [0, 0.1) is 0 Å². The van der Waals surface area contributed by atoms with Crippen molar-refractivity contribution in [3.63, 3.8) is 0 Å². The van der Waals surface area contributed by atoms with Crippen molar-refractivity contribution in [1.29, 1.82) is 0 Å². The smallest absolute Gasteiger partial charge is 0.234 e. The number of para-hydroxylation sites is 1. The van der Waals surface area contributed by atoms with Crippen molar-refractivity contribution in [3.8, 4) is 17.4 Å². The van der Waals surface area contributed by atoms with Crippen LogP contribution < -0.4 is 9.64 Å². The van der Waals surface area contributed by atoms with Gasteiger partial charge in [-0.2, -0.15) is 0 Å². The molecule has 1 aliphatic carbocycles. The second kappa shape index (κ2) is 12.1. The van der Waals surface area contributed by atoms with Gasteiger partial charge >= 0.3 is 0 Å². The minimum absolute atomic E-state index is 0. The molecule has 4 aromatic rings. The molecule has 1 unspecified atom stereocenters. The number of amides is 1. The predicted octanol–water partition coefficient (Wildman–Crippen LogP) is 7.78. The molecule has 1 aliphatic rings. The topological polar surface area (TPSA) is 62.7 Å². The SMILES string of the molecule is CC(C)c1ccc(N(Cc2ccc(Oc3ccccc3)nc2)C(=O)C2CCCc3c(O)cccc32)cc1.Cl. The van der Waals surface area contributed by atoms with E-state index in [-0.39, 0.29) is 30.0 Å². The van der Waals surface area contributed by atoms with Crippen molar-refractivity contribution in [2.24, 2.45) is 0 Å². The van der Waals surface area contributed by atoms with Gasteiger partial charge in [0.15, 0.2) is 0 Å². The predicted molar refractivity (Wildman–Crippen MR) is 154 cm³/mol. The monoisotopic (exact) mass is 528 g/mol. The van der Waals surface area contributed by atoms with Crippen molar-refractivity contribution in [2.75, 3.05) is 4.90 Å². The highest BCUT2D eigenvalue weighted by Crippen LogP contribution is 2.38. The Labute approximate surface area is 230 Å². The Morgan fingerprint density at radius 2 is 1.76 bits per heavy atom. The van der Waals surface area contributed by atoms with Gasteiger partial charge in [0.25, 0.3) is 0 Å². The summed E-state index contributed by atoms with van der Waals surface area (Å²) in [5.74, 6) is 1.66. The molecule has 196 valence electrons. The third-order valence-corrected chi connectivity index (χ3v) is 7.02. The van der Waals surface area contributed by atoms with Gasteiger partial charge in [0.05, 0.1) is 12.5 Å². The van der Waals surface area contributed by atoms with Gasteiger partial charge < -0.3 is 14.7 Å². The standard InChI is InChI=1S/C32H32N2O3.ClH/c1-22(2)24-15-17-25(18-16-24)34(32(36)29-12-6-11-28-27(29)10-7-13-30(28)35)21-23-14-19-31(33-20-23)37-26-8-4-3-5-9-26;/h3-5,7-10,13-20,22,29,35H,6,11-12,21H2,1-2H3;1H. The number of hydrogen-bond acceptors (Lipinski definition) is 4. The van der Waals surface area contributed by atoms with E-state index in [2.05, 4.69) is 31.0 Å². The summed E-state index contributed by atoms with van der Waals surface area (Å²) in [6.45, 7) is 4.71. The highest BCUT2D eigenvalue weighted by atomic mass is 35.5. The zero-order valence-electron chi connectivity index (χ0n) is 21.7. The van der Waals surface area contributed by atoms with E-state index < -0.39 is 0 Å². The number of aromatic nitrogens is 1. The number of rotatable bonds is 7. The third-order valence-electron chi connectivity index (χ3n) is 7.02. The Bertz CT molecular complexity index is 1360. The number of pyridine rings is 1. The summed E-state index contributed by atoms with van der Waals surface area (Å²) in [4.78, 5) is 20.4. The van der Waals surface area contributed by atoms with Crippen LogP contribution in [0.25, 0.3) is 0 Å². The number of fused-ring (bicyclic) bond motifs is 1. The van der Waals surface area contributed by atoms with Gasteiger partial charge in [-0.25, -0.2) is 4.98 Å². The van der Waals surface area contributed by atoms with Gasteiger partial charge in [0.2, 0.25) is 11.8 Å². The van der Waals surface area contributed by atoms with E-state index in [0.29, 0.717) is 18.3 Å². The van der Waals surface area contributed by atoms with Crippen molar-refractivity contribution < 1.29 is 14.6 Å². The van der Waals surface area contributed by atoms with E-state index >= 15 is 0 Å². The van der Waals surface area contributed by atoms with Crippen LogP contribution in [0.5, 0.6) is 17.4 Å². The Hall–Kier alpha value is -3.83. The fourth-order valence-electron chi connectivity index (χ4n) is 4.97. The molecule has 0 fully saturated rings. The van der Waals surface area contributed by atoms with Gasteiger partial charge in [0.1, 0.15) is 11.5 Å². The first-order valence-corrected chi connectivity index (χ1v) is 12.9. The quantitative estimate of drug-likeness (QED) is 0.266. The summed E-state index contributed by atoms with van der Waals surface area (Å²) >= 11 is 0. The maximum atomic E-state index is 14.1. The number of phenolic OH excluding ortho intramolecular Hbond substituents is 1. The normalized spacial score (nSPS) is 14.3. The van der Waals surface area contributed by atoms with Crippen molar-refractivity contribution in [1.82, 2.24) is 4.98 Å². The van der Waals surface area contributed by atoms with E-state index in [1.165, 1.54) is 5.56 Å². The summed E-state index contributed by atoms with van der Waals surface area (Å²) in [5, 5.41) is 10.4. The number of ether oxygens (including phenoxy) is 1. The number of phenols is 1. The number of anilines is 1. The molecule has 0 radical (unpaired) electrons. The molecule has 6 heteroatoms. The van der Waals surface area contributed by atoms with Gasteiger partial charge in [0, 0.05) is 18.0 Å². The van der Waals surface area contributed by atoms with Crippen LogP contribution in [0.3, 0.4) is 0 Å². The van der Waals surface area contributed by atoms with Crippen molar-refractivity contribution in [3.05, 3.63) is 113 Å². The fraction of sp³-hybridized carbons (Fsp3) is 0.250. The molecule has 1 aromatic heterocycles. The molecule has 1 atom stereocenters. The zero-order chi connectivity index (χ0) is 25.8. The first-order valence-electron chi connectivity index (χ1n) is 12.9. The molecule has 0 saturated heterocycles. The first-order chi connectivity index (χ1) is 18.0. The maximum Gasteiger partial charge on any atom is 0.234 e. The average molecular weight is 529 g/mol. The maximum absolute atomic E-state index is 14.1. The van der Waals surface area contributed by atoms with E-state index in [9.17, 15) is 9.90 Å². The molecule has 1 heterocycles. The van der Waals surface area contributed by atoms with E-state index in [0.717, 1.165) is 47.4 Å². The number of carbonyl (C=O) groups is 1. The number of halogens is 1. The van der Waals surface area contributed by atoms with Crippen LogP contribution in [0.15, 0.2) is 91.1 Å². The van der Waals surface area contributed by atoms with E-state index in [1.54, 1.807) is 12.3 Å². The molecular formula is C32H33ClN2O3. The average Bonchev–Trinajstić information content (AvgIpc) is 2.93. The Morgan fingerprint density at radius 3 is 2.45 bits per heavy atom. The first kappa shape index (κ1) is 27.2. The summed E-state index contributed by atoms with van der Waals surface area (Å²) in [6, 6.07) is 27.1. The number of nitrogens with zero attached hydrogens (tertiary/aromatic N) is 2. The lowest BCUT2D eigenvalue weighted by molar-refractivity contribution is -0.120. The third kappa shape index (κ3) is 6.00. The second-order valence-corrected chi connectivity index (χ2v) is 9.88. The lowest BCUT2D eigenvalue weighted by atomic mass is 9.81. The summed E-state index contributed by atoms with van der Waals surface area (Å²) in [6.07, 6.45) is 4.19. The van der Waals surface area contributed by atoms with E-state index in [1.807, 2.05) is 71.6 Å². The van der Waals surface area contributed by atoms with Crippen LogP contribution in [-0.4, -0.2) is 16.0 Å². The molecule has 5 rings (SSSR count). The molecule has 0 bridgehead atoms.